The molecule has 4 rings (SSSR count). The Morgan fingerprint density at radius 1 is 0.750 bits per heavy atom. The first-order valence-electron chi connectivity index (χ1n) is 8.42. The normalized spacial score (nSPS) is 23.6. The Hall–Kier alpha value is -2.42. The fourth-order valence-corrected chi connectivity index (χ4v) is 3.53. The Bertz CT molecular complexity index is 773. The molecule has 1 aliphatic heterocycles. The van der Waals surface area contributed by atoms with E-state index < -0.39 is 6.10 Å². The molecule has 1 unspecified atom stereocenters. The van der Waals surface area contributed by atoms with Crippen LogP contribution in [0.2, 0.25) is 0 Å². The SMILES string of the molecule is O[C@@H](c1ccccc1)[C@H]1[C@H](c2ccccc2)N1Cc1ccccc1. The van der Waals surface area contributed by atoms with Gasteiger partial charge in [-0.15, -0.1) is 0 Å². The highest BCUT2D eigenvalue weighted by molar-refractivity contribution is 5.32. The Kier molecular flexibility index (Phi) is 4.16. The highest BCUT2D eigenvalue weighted by atomic mass is 16.3. The average Bonchev–Trinajstić information content (AvgIpc) is 3.37. The van der Waals surface area contributed by atoms with Gasteiger partial charge in [0.1, 0.15) is 0 Å². The van der Waals surface area contributed by atoms with Crippen LogP contribution in [-0.2, 0) is 6.54 Å². The van der Waals surface area contributed by atoms with Crippen LogP contribution in [0.3, 0.4) is 0 Å². The standard InChI is InChI=1S/C22H21NO/c24-22(19-14-8-3-9-15-19)21-20(18-12-6-2-7-13-18)23(21)16-17-10-4-1-5-11-17/h1-15,20-22,24H,16H2/t20-,21+,22-,23?/m0/s1. The third-order valence-corrected chi connectivity index (χ3v) is 4.79. The highest BCUT2D eigenvalue weighted by Crippen LogP contribution is 2.50. The van der Waals surface area contributed by atoms with Crippen LogP contribution < -0.4 is 0 Å². The van der Waals surface area contributed by atoms with Crippen molar-refractivity contribution in [3.05, 3.63) is 108 Å². The zero-order valence-corrected chi connectivity index (χ0v) is 13.5. The second kappa shape index (κ2) is 6.60. The predicted molar refractivity (Wildman–Crippen MR) is 96.4 cm³/mol. The molecule has 0 amide bonds. The Morgan fingerprint density at radius 2 is 1.29 bits per heavy atom. The minimum Gasteiger partial charge on any atom is -0.387 e. The van der Waals surface area contributed by atoms with E-state index in [1.54, 1.807) is 0 Å². The molecule has 0 bridgehead atoms. The van der Waals surface area contributed by atoms with E-state index in [9.17, 15) is 5.11 Å². The van der Waals surface area contributed by atoms with Crippen molar-refractivity contribution in [2.24, 2.45) is 0 Å². The fourth-order valence-electron chi connectivity index (χ4n) is 3.53. The molecular weight excluding hydrogens is 294 g/mol. The van der Waals surface area contributed by atoms with Gasteiger partial charge < -0.3 is 5.11 Å². The van der Waals surface area contributed by atoms with Crippen LogP contribution in [0.25, 0.3) is 0 Å². The smallest absolute Gasteiger partial charge is 0.0964 e. The van der Waals surface area contributed by atoms with E-state index in [2.05, 4.69) is 53.4 Å². The van der Waals surface area contributed by atoms with Gasteiger partial charge in [0.25, 0.3) is 0 Å². The topological polar surface area (TPSA) is 23.2 Å². The summed E-state index contributed by atoms with van der Waals surface area (Å²) < 4.78 is 0. The Morgan fingerprint density at radius 3 is 1.92 bits per heavy atom. The molecule has 1 aliphatic rings. The molecule has 1 heterocycles. The van der Waals surface area contributed by atoms with Crippen molar-refractivity contribution in [2.75, 3.05) is 0 Å². The molecule has 0 aliphatic carbocycles. The maximum atomic E-state index is 10.9. The molecule has 2 nitrogen and oxygen atoms in total. The molecule has 1 fully saturated rings. The fraction of sp³-hybridized carbons (Fsp3) is 0.182. The van der Waals surface area contributed by atoms with Gasteiger partial charge in [-0.2, -0.15) is 0 Å². The largest absolute Gasteiger partial charge is 0.387 e. The number of hydrogen-bond acceptors (Lipinski definition) is 2. The first-order valence-corrected chi connectivity index (χ1v) is 8.42. The molecule has 3 aromatic rings. The molecule has 0 aromatic heterocycles. The zero-order chi connectivity index (χ0) is 16.4. The van der Waals surface area contributed by atoms with E-state index in [-0.39, 0.29) is 12.1 Å². The summed E-state index contributed by atoms with van der Waals surface area (Å²) in [5, 5.41) is 10.9. The van der Waals surface area contributed by atoms with Gasteiger partial charge >= 0.3 is 0 Å². The Balaban J connectivity index is 1.60. The van der Waals surface area contributed by atoms with E-state index in [0.29, 0.717) is 0 Å². The molecular formula is C22H21NO. The molecule has 3 aromatic carbocycles. The predicted octanol–water partition coefficient (Wildman–Crippen LogP) is 4.35. The summed E-state index contributed by atoms with van der Waals surface area (Å²) >= 11 is 0. The van der Waals surface area contributed by atoms with E-state index in [1.165, 1.54) is 11.1 Å². The van der Waals surface area contributed by atoms with Gasteiger partial charge in [0.15, 0.2) is 0 Å². The molecule has 1 N–H and O–H groups in total. The number of aliphatic hydroxyl groups is 1. The van der Waals surface area contributed by atoms with Crippen molar-refractivity contribution >= 4 is 0 Å². The minimum atomic E-state index is -0.472. The van der Waals surface area contributed by atoms with Crippen LogP contribution in [0.4, 0.5) is 0 Å². The summed E-state index contributed by atoms with van der Waals surface area (Å²) in [4.78, 5) is 2.38. The van der Waals surface area contributed by atoms with Crippen LogP contribution in [0.1, 0.15) is 28.8 Å². The van der Waals surface area contributed by atoms with Gasteiger partial charge in [0.05, 0.1) is 18.2 Å². The number of hydrogen-bond donors (Lipinski definition) is 1. The van der Waals surface area contributed by atoms with Crippen LogP contribution in [-0.4, -0.2) is 16.0 Å². The minimum absolute atomic E-state index is 0.120. The molecule has 0 saturated carbocycles. The third kappa shape index (κ3) is 2.99. The Labute approximate surface area is 143 Å². The second-order valence-electron chi connectivity index (χ2n) is 6.36. The second-order valence-corrected chi connectivity index (χ2v) is 6.36. The average molecular weight is 315 g/mol. The van der Waals surface area contributed by atoms with Crippen molar-refractivity contribution in [1.29, 1.82) is 0 Å². The summed E-state index contributed by atoms with van der Waals surface area (Å²) in [7, 11) is 0. The summed E-state index contributed by atoms with van der Waals surface area (Å²) in [5.74, 6) is 0. The monoisotopic (exact) mass is 315 g/mol. The lowest BCUT2D eigenvalue weighted by Crippen LogP contribution is -2.11. The van der Waals surface area contributed by atoms with Gasteiger partial charge in [-0.05, 0) is 16.7 Å². The lowest BCUT2D eigenvalue weighted by Gasteiger charge is -2.11. The first kappa shape index (κ1) is 15.1. The molecule has 4 atom stereocenters. The highest BCUT2D eigenvalue weighted by Gasteiger charge is 2.52. The van der Waals surface area contributed by atoms with Crippen LogP contribution in [0.15, 0.2) is 91.0 Å². The van der Waals surface area contributed by atoms with Crippen molar-refractivity contribution in [2.45, 2.75) is 24.7 Å². The molecule has 0 spiro atoms. The number of aliphatic hydroxyl groups excluding tert-OH is 1. The van der Waals surface area contributed by atoms with Crippen molar-refractivity contribution in [3.63, 3.8) is 0 Å². The molecule has 2 heteroatoms. The quantitative estimate of drug-likeness (QED) is 0.708. The van der Waals surface area contributed by atoms with Crippen molar-refractivity contribution in [3.8, 4) is 0 Å². The van der Waals surface area contributed by atoms with Gasteiger partial charge in [0.2, 0.25) is 0 Å². The van der Waals surface area contributed by atoms with E-state index in [0.717, 1.165) is 12.1 Å². The first-order chi connectivity index (χ1) is 11.8. The summed E-state index contributed by atoms with van der Waals surface area (Å²) in [6.45, 7) is 0.856. The molecule has 24 heavy (non-hydrogen) atoms. The lowest BCUT2D eigenvalue weighted by atomic mass is 10.0. The van der Waals surface area contributed by atoms with Gasteiger partial charge in [-0.3, -0.25) is 4.90 Å². The van der Waals surface area contributed by atoms with Crippen LogP contribution in [0.5, 0.6) is 0 Å². The van der Waals surface area contributed by atoms with E-state index >= 15 is 0 Å². The molecule has 0 radical (unpaired) electrons. The molecule has 1 saturated heterocycles. The van der Waals surface area contributed by atoms with Crippen LogP contribution in [0, 0.1) is 0 Å². The summed E-state index contributed by atoms with van der Waals surface area (Å²) in [6.07, 6.45) is -0.472. The van der Waals surface area contributed by atoms with Gasteiger partial charge in [-0.1, -0.05) is 91.0 Å². The molecule has 120 valence electrons. The van der Waals surface area contributed by atoms with Gasteiger partial charge in [-0.25, -0.2) is 0 Å². The van der Waals surface area contributed by atoms with Gasteiger partial charge in [0, 0.05) is 6.54 Å². The van der Waals surface area contributed by atoms with Crippen molar-refractivity contribution < 1.29 is 5.11 Å². The number of benzene rings is 3. The zero-order valence-electron chi connectivity index (χ0n) is 13.5. The van der Waals surface area contributed by atoms with Crippen LogP contribution >= 0.6 is 0 Å². The van der Waals surface area contributed by atoms with E-state index in [1.807, 2.05) is 42.5 Å². The summed E-state index contributed by atoms with van der Waals surface area (Å²) in [5.41, 5.74) is 3.54. The summed E-state index contributed by atoms with van der Waals surface area (Å²) in [6, 6.07) is 31.3. The third-order valence-electron chi connectivity index (χ3n) is 4.79. The number of nitrogens with zero attached hydrogens (tertiary/aromatic N) is 1. The number of rotatable bonds is 5. The lowest BCUT2D eigenvalue weighted by molar-refractivity contribution is 0.156. The maximum Gasteiger partial charge on any atom is 0.0964 e. The van der Waals surface area contributed by atoms with E-state index in [4.69, 9.17) is 0 Å². The maximum absolute atomic E-state index is 10.9. The van der Waals surface area contributed by atoms with Crippen molar-refractivity contribution in [1.82, 2.24) is 4.90 Å².